The minimum Gasteiger partial charge on any atom is -0.381 e. The molecule has 6 heteroatoms. The SMILES string of the molecule is CCNC(=NCc1cccc(COC2CCOCC2)c1)NCCc1ccccn1. The van der Waals surface area contributed by atoms with Crippen molar-refractivity contribution in [1.29, 1.82) is 0 Å². The van der Waals surface area contributed by atoms with Crippen molar-refractivity contribution >= 4 is 5.96 Å². The van der Waals surface area contributed by atoms with Gasteiger partial charge in [-0.05, 0) is 43.0 Å². The van der Waals surface area contributed by atoms with Crippen molar-refractivity contribution in [1.82, 2.24) is 15.6 Å². The molecule has 0 aliphatic carbocycles. The molecule has 0 amide bonds. The Bertz CT molecular complexity index is 746. The monoisotopic (exact) mass is 396 g/mol. The molecule has 1 fully saturated rings. The fourth-order valence-corrected chi connectivity index (χ4v) is 3.24. The lowest BCUT2D eigenvalue weighted by atomic mass is 10.1. The molecule has 2 heterocycles. The molecule has 0 saturated carbocycles. The van der Waals surface area contributed by atoms with E-state index in [2.05, 4.69) is 46.8 Å². The number of benzene rings is 1. The molecule has 156 valence electrons. The molecule has 3 rings (SSSR count). The van der Waals surface area contributed by atoms with Gasteiger partial charge in [0, 0.05) is 44.6 Å². The summed E-state index contributed by atoms with van der Waals surface area (Å²) in [6, 6.07) is 14.5. The topological polar surface area (TPSA) is 67.8 Å². The van der Waals surface area contributed by atoms with E-state index < -0.39 is 0 Å². The van der Waals surface area contributed by atoms with Crippen LogP contribution in [0.25, 0.3) is 0 Å². The molecule has 0 bridgehead atoms. The molecule has 0 unspecified atom stereocenters. The summed E-state index contributed by atoms with van der Waals surface area (Å²) in [6.07, 6.45) is 4.98. The number of aliphatic imine (C=N–C) groups is 1. The number of nitrogens with zero attached hydrogens (tertiary/aromatic N) is 2. The van der Waals surface area contributed by atoms with Crippen molar-refractivity contribution in [2.75, 3.05) is 26.3 Å². The Morgan fingerprint density at radius 3 is 2.79 bits per heavy atom. The van der Waals surface area contributed by atoms with E-state index in [1.54, 1.807) is 0 Å². The Balaban J connectivity index is 1.48. The van der Waals surface area contributed by atoms with E-state index in [4.69, 9.17) is 14.5 Å². The zero-order valence-electron chi connectivity index (χ0n) is 17.3. The largest absolute Gasteiger partial charge is 0.381 e. The molecule has 0 atom stereocenters. The van der Waals surface area contributed by atoms with Gasteiger partial charge in [0.05, 0.1) is 19.3 Å². The molecule has 0 radical (unpaired) electrons. The van der Waals surface area contributed by atoms with Gasteiger partial charge in [0.2, 0.25) is 0 Å². The number of nitrogens with one attached hydrogen (secondary N) is 2. The lowest BCUT2D eigenvalue weighted by Gasteiger charge is -2.22. The normalized spacial score (nSPS) is 15.3. The summed E-state index contributed by atoms with van der Waals surface area (Å²) in [5.41, 5.74) is 3.45. The van der Waals surface area contributed by atoms with Gasteiger partial charge in [-0.25, -0.2) is 4.99 Å². The molecular formula is C23H32N4O2. The highest BCUT2D eigenvalue weighted by Crippen LogP contribution is 2.14. The molecule has 29 heavy (non-hydrogen) atoms. The summed E-state index contributed by atoms with van der Waals surface area (Å²) in [5.74, 6) is 0.826. The van der Waals surface area contributed by atoms with Crippen molar-refractivity contribution in [2.45, 2.75) is 45.4 Å². The average Bonchev–Trinajstić information content (AvgIpc) is 2.78. The number of aromatic nitrogens is 1. The Morgan fingerprint density at radius 1 is 1.14 bits per heavy atom. The third-order valence-corrected chi connectivity index (χ3v) is 4.81. The maximum atomic E-state index is 6.04. The van der Waals surface area contributed by atoms with Crippen LogP contribution in [-0.2, 0) is 29.0 Å². The van der Waals surface area contributed by atoms with Crippen molar-refractivity contribution in [2.24, 2.45) is 4.99 Å². The van der Waals surface area contributed by atoms with Gasteiger partial charge in [-0.2, -0.15) is 0 Å². The Labute approximate surface area is 173 Å². The van der Waals surface area contributed by atoms with Gasteiger partial charge in [-0.1, -0.05) is 30.3 Å². The van der Waals surface area contributed by atoms with E-state index in [0.717, 1.165) is 57.2 Å². The second-order valence-electron chi connectivity index (χ2n) is 7.14. The van der Waals surface area contributed by atoms with Gasteiger partial charge in [0.15, 0.2) is 5.96 Å². The van der Waals surface area contributed by atoms with Crippen LogP contribution in [0.4, 0.5) is 0 Å². The van der Waals surface area contributed by atoms with E-state index in [-0.39, 0.29) is 0 Å². The zero-order valence-corrected chi connectivity index (χ0v) is 17.3. The Hall–Kier alpha value is -2.44. The van der Waals surface area contributed by atoms with Gasteiger partial charge in [-0.15, -0.1) is 0 Å². The van der Waals surface area contributed by atoms with E-state index in [1.165, 1.54) is 11.1 Å². The smallest absolute Gasteiger partial charge is 0.191 e. The van der Waals surface area contributed by atoms with Crippen LogP contribution in [0, 0.1) is 0 Å². The first-order valence-electron chi connectivity index (χ1n) is 10.5. The fourth-order valence-electron chi connectivity index (χ4n) is 3.24. The second-order valence-corrected chi connectivity index (χ2v) is 7.14. The standard InChI is InChI=1S/C23H32N4O2/c1-2-24-23(26-13-9-21-8-3-4-12-25-21)27-17-19-6-5-7-20(16-19)18-29-22-10-14-28-15-11-22/h3-8,12,16,22H,2,9-11,13-15,17-18H2,1H3,(H2,24,26,27). The first-order chi connectivity index (χ1) is 14.3. The van der Waals surface area contributed by atoms with Crippen LogP contribution in [0.15, 0.2) is 53.7 Å². The average molecular weight is 397 g/mol. The summed E-state index contributed by atoms with van der Waals surface area (Å²) in [5, 5.41) is 6.69. The number of ether oxygens (including phenoxy) is 2. The minimum atomic E-state index is 0.314. The summed E-state index contributed by atoms with van der Waals surface area (Å²) in [6.45, 7) is 6.58. The summed E-state index contributed by atoms with van der Waals surface area (Å²) in [4.78, 5) is 9.08. The molecule has 1 aliphatic rings. The fraction of sp³-hybridized carbons (Fsp3) is 0.478. The van der Waals surface area contributed by atoms with Gasteiger partial charge in [-0.3, -0.25) is 4.98 Å². The number of guanidine groups is 1. The predicted octanol–water partition coefficient (Wildman–Crippen LogP) is 3.08. The third-order valence-electron chi connectivity index (χ3n) is 4.81. The van der Waals surface area contributed by atoms with E-state index in [0.29, 0.717) is 19.3 Å². The highest BCUT2D eigenvalue weighted by molar-refractivity contribution is 5.79. The van der Waals surface area contributed by atoms with E-state index in [1.807, 2.05) is 24.4 Å². The van der Waals surface area contributed by atoms with Gasteiger partial charge >= 0.3 is 0 Å². The molecule has 1 saturated heterocycles. The maximum absolute atomic E-state index is 6.04. The van der Waals surface area contributed by atoms with Crippen LogP contribution in [0.3, 0.4) is 0 Å². The second kappa shape index (κ2) is 12.2. The van der Waals surface area contributed by atoms with E-state index in [9.17, 15) is 0 Å². The highest BCUT2D eigenvalue weighted by Gasteiger charge is 2.14. The Morgan fingerprint density at radius 2 is 2.00 bits per heavy atom. The van der Waals surface area contributed by atoms with Crippen molar-refractivity contribution in [3.8, 4) is 0 Å². The maximum Gasteiger partial charge on any atom is 0.191 e. The van der Waals surface area contributed by atoms with Gasteiger partial charge < -0.3 is 20.1 Å². The van der Waals surface area contributed by atoms with Crippen molar-refractivity contribution in [3.63, 3.8) is 0 Å². The molecule has 1 aliphatic heterocycles. The van der Waals surface area contributed by atoms with E-state index >= 15 is 0 Å². The molecule has 2 N–H and O–H groups in total. The third kappa shape index (κ3) is 7.83. The van der Waals surface area contributed by atoms with Crippen LogP contribution in [-0.4, -0.2) is 43.4 Å². The minimum absolute atomic E-state index is 0.314. The molecule has 6 nitrogen and oxygen atoms in total. The summed E-state index contributed by atoms with van der Waals surface area (Å²) < 4.78 is 11.4. The predicted molar refractivity (Wildman–Crippen MR) is 116 cm³/mol. The zero-order chi connectivity index (χ0) is 20.2. The van der Waals surface area contributed by atoms with Gasteiger partial charge in [0.1, 0.15) is 0 Å². The summed E-state index contributed by atoms with van der Waals surface area (Å²) >= 11 is 0. The molecule has 1 aromatic carbocycles. The van der Waals surface area contributed by atoms with Crippen LogP contribution in [0.5, 0.6) is 0 Å². The first kappa shape index (κ1) is 21.3. The van der Waals surface area contributed by atoms with Crippen LogP contribution >= 0.6 is 0 Å². The van der Waals surface area contributed by atoms with Crippen LogP contribution in [0.2, 0.25) is 0 Å². The quantitative estimate of drug-likeness (QED) is 0.504. The summed E-state index contributed by atoms with van der Waals surface area (Å²) in [7, 11) is 0. The molecule has 1 aromatic heterocycles. The van der Waals surface area contributed by atoms with Crippen molar-refractivity contribution < 1.29 is 9.47 Å². The van der Waals surface area contributed by atoms with Crippen LogP contribution < -0.4 is 10.6 Å². The highest BCUT2D eigenvalue weighted by atomic mass is 16.5. The Kier molecular flexibility index (Phi) is 8.94. The molecule has 2 aromatic rings. The molecule has 0 spiro atoms. The van der Waals surface area contributed by atoms with Crippen LogP contribution in [0.1, 0.15) is 36.6 Å². The van der Waals surface area contributed by atoms with Gasteiger partial charge in [0.25, 0.3) is 0 Å². The number of pyridine rings is 1. The number of hydrogen-bond acceptors (Lipinski definition) is 4. The number of hydrogen-bond donors (Lipinski definition) is 2. The first-order valence-corrected chi connectivity index (χ1v) is 10.5. The molecular weight excluding hydrogens is 364 g/mol. The lowest BCUT2D eigenvalue weighted by Crippen LogP contribution is -2.38. The lowest BCUT2D eigenvalue weighted by molar-refractivity contribution is -0.0390. The number of rotatable bonds is 9. The van der Waals surface area contributed by atoms with Crippen molar-refractivity contribution in [3.05, 3.63) is 65.5 Å².